The molecule has 0 aliphatic carbocycles. The Morgan fingerprint density at radius 2 is 1.88 bits per heavy atom. The van der Waals surface area contributed by atoms with E-state index in [0.717, 1.165) is 17.4 Å². The van der Waals surface area contributed by atoms with Gasteiger partial charge in [-0.1, -0.05) is 37.3 Å². The second kappa shape index (κ2) is 7.45. The number of hydrogen-bond donors (Lipinski definition) is 0. The van der Waals surface area contributed by atoms with Crippen LogP contribution in [0, 0.1) is 0 Å². The summed E-state index contributed by atoms with van der Waals surface area (Å²) in [5.41, 5.74) is 0.937. The lowest BCUT2D eigenvalue weighted by Gasteiger charge is -2.12. The summed E-state index contributed by atoms with van der Waals surface area (Å²) >= 11 is 1.22. The van der Waals surface area contributed by atoms with Crippen molar-refractivity contribution in [2.24, 2.45) is 0 Å². The topological polar surface area (TPSA) is 35.0 Å². The standard InChI is InChI=1S/C19H17F3N2OS/c1-12(14-6-4-7-15(11-14)19(20,21)22)18-23-17(24-26-18)10-13-5-3-8-16(9-13)25-2/h3-9,11-12H,10H2,1-2H3. The van der Waals surface area contributed by atoms with E-state index in [2.05, 4.69) is 9.36 Å². The highest BCUT2D eigenvalue weighted by Crippen LogP contribution is 2.33. The molecule has 0 radical (unpaired) electrons. The summed E-state index contributed by atoms with van der Waals surface area (Å²) in [6, 6.07) is 13.0. The molecule has 0 aliphatic rings. The first kappa shape index (κ1) is 18.4. The molecule has 0 fully saturated rings. The monoisotopic (exact) mass is 378 g/mol. The summed E-state index contributed by atoms with van der Waals surface area (Å²) in [7, 11) is 1.61. The van der Waals surface area contributed by atoms with Crippen molar-refractivity contribution in [1.29, 1.82) is 0 Å². The van der Waals surface area contributed by atoms with Crippen LogP contribution in [0.2, 0.25) is 0 Å². The van der Waals surface area contributed by atoms with Gasteiger partial charge in [-0.15, -0.1) is 0 Å². The van der Waals surface area contributed by atoms with Gasteiger partial charge in [0.2, 0.25) is 0 Å². The molecule has 0 saturated heterocycles. The van der Waals surface area contributed by atoms with E-state index < -0.39 is 11.7 Å². The van der Waals surface area contributed by atoms with Gasteiger partial charge >= 0.3 is 6.18 Å². The maximum absolute atomic E-state index is 12.9. The van der Waals surface area contributed by atoms with Gasteiger partial charge in [0, 0.05) is 12.3 Å². The second-order valence-electron chi connectivity index (χ2n) is 5.92. The van der Waals surface area contributed by atoms with Gasteiger partial charge in [0.1, 0.15) is 16.6 Å². The molecular weight excluding hydrogens is 361 g/mol. The zero-order chi connectivity index (χ0) is 18.7. The van der Waals surface area contributed by atoms with Crippen LogP contribution in [0.5, 0.6) is 5.75 Å². The minimum atomic E-state index is -4.35. The van der Waals surface area contributed by atoms with E-state index in [1.54, 1.807) is 13.2 Å². The van der Waals surface area contributed by atoms with E-state index in [9.17, 15) is 13.2 Å². The predicted molar refractivity (Wildman–Crippen MR) is 94.7 cm³/mol. The van der Waals surface area contributed by atoms with Crippen molar-refractivity contribution in [3.05, 3.63) is 76.1 Å². The molecule has 2 aromatic carbocycles. The van der Waals surface area contributed by atoms with E-state index in [-0.39, 0.29) is 5.92 Å². The van der Waals surface area contributed by atoms with Crippen LogP contribution in [0.3, 0.4) is 0 Å². The normalized spacial score (nSPS) is 12.8. The fraction of sp³-hybridized carbons (Fsp3) is 0.263. The van der Waals surface area contributed by atoms with E-state index in [0.29, 0.717) is 22.8 Å². The Bertz CT molecular complexity index is 892. The van der Waals surface area contributed by atoms with Crippen LogP contribution >= 0.6 is 11.5 Å². The van der Waals surface area contributed by atoms with Gasteiger partial charge in [-0.2, -0.15) is 17.5 Å². The van der Waals surface area contributed by atoms with E-state index in [1.165, 1.54) is 23.7 Å². The Morgan fingerprint density at radius 1 is 1.12 bits per heavy atom. The van der Waals surface area contributed by atoms with Crippen LogP contribution in [0.4, 0.5) is 13.2 Å². The average Bonchev–Trinajstić information content (AvgIpc) is 3.09. The summed E-state index contributed by atoms with van der Waals surface area (Å²) in [4.78, 5) is 4.51. The van der Waals surface area contributed by atoms with Gasteiger partial charge in [-0.25, -0.2) is 4.98 Å². The molecule has 1 atom stereocenters. The van der Waals surface area contributed by atoms with Crippen LogP contribution in [-0.2, 0) is 12.6 Å². The lowest BCUT2D eigenvalue weighted by Crippen LogP contribution is -2.06. The lowest BCUT2D eigenvalue weighted by atomic mass is 9.99. The van der Waals surface area contributed by atoms with Crippen LogP contribution in [-0.4, -0.2) is 16.5 Å². The van der Waals surface area contributed by atoms with Crippen molar-refractivity contribution in [2.75, 3.05) is 7.11 Å². The summed E-state index contributed by atoms with van der Waals surface area (Å²) < 4.78 is 48.3. The van der Waals surface area contributed by atoms with Gasteiger partial charge in [0.15, 0.2) is 0 Å². The smallest absolute Gasteiger partial charge is 0.416 e. The Kier molecular flexibility index (Phi) is 5.27. The van der Waals surface area contributed by atoms with Gasteiger partial charge < -0.3 is 4.74 Å². The molecule has 26 heavy (non-hydrogen) atoms. The molecule has 0 N–H and O–H groups in total. The first-order valence-corrected chi connectivity index (χ1v) is 8.76. The van der Waals surface area contributed by atoms with E-state index in [4.69, 9.17) is 4.74 Å². The summed E-state index contributed by atoms with van der Waals surface area (Å²) in [6.45, 7) is 1.84. The number of ether oxygens (including phenoxy) is 1. The van der Waals surface area contributed by atoms with E-state index in [1.807, 2.05) is 31.2 Å². The maximum atomic E-state index is 12.9. The fourth-order valence-corrected chi connectivity index (χ4v) is 3.35. The van der Waals surface area contributed by atoms with Crippen molar-refractivity contribution in [1.82, 2.24) is 9.36 Å². The minimum absolute atomic E-state index is 0.256. The van der Waals surface area contributed by atoms with Crippen LogP contribution in [0.25, 0.3) is 0 Å². The lowest BCUT2D eigenvalue weighted by molar-refractivity contribution is -0.137. The minimum Gasteiger partial charge on any atom is -0.497 e. The Balaban J connectivity index is 1.79. The van der Waals surface area contributed by atoms with Gasteiger partial charge in [-0.3, -0.25) is 0 Å². The van der Waals surface area contributed by atoms with Crippen molar-refractivity contribution in [3.63, 3.8) is 0 Å². The van der Waals surface area contributed by atoms with Crippen LogP contribution < -0.4 is 4.74 Å². The molecule has 1 unspecified atom stereocenters. The van der Waals surface area contributed by atoms with Crippen LogP contribution in [0.15, 0.2) is 48.5 Å². The first-order valence-electron chi connectivity index (χ1n) is 7.99. The molecule has 1 aromatic heterocycles. The molecule has 7 heteroatoms. The predicted octanol–water partition coefficient (Wildman–Crippen LogP) is 5.31. The highest BCUT2D eigenvalue weighted by atomic mass is 32.1. The average molecular weight is 378 g/mol. The molecule has 3 aromatic rings. The van der Waals surface area contributed by atoms with Crippen molar-refractivity contribution in [2.45, 2.75) is 25.4 Å². The number of benzene rings is 2. The highest BCUT2D eigenvalue weighted by Gasteiger charge is 2.31. The Labute approximate surface area is 153 Å². The SMILES string of the molecule is COc1cccc(Cc2nsc(C(C)c3cccc(C(F)(F)F)c3)n2)c1. The molecule has 0 bridgehead atoms. The Hall–Kier alpha value is -2.41. The number of halogens is 3. The quantitative estimate of drug-likeness (QED) is 0.604. The fourth-order valence-electron chi connectivity index (χ4n) is 2.61. The molecule has 0 amide bonds. The third-order valence-corrected chi connectivity index (χ3v) is 5.00. The maximum Gasteiger partial charge on any atom is 0.416 e. The van der Waals surface area contributed by atoms with E-state index >= 15 is 0 Å². The third kappa shape index (κ3) is 4.22. The van der Waals surface area contributed by atoms with Gasteiger partial charge in [0.25, 0.3) is 0 Å². The molecule has 0 saturated carbocycles. The van der Waals surface area contributed by atoms with Gasteiger partial charge in [0.05, 0.1) is 12.7 Å². The zero-order valence-corrected chi connectivity index (χ0v) is 15.1. The molecule has 1 heterocycles. The number of hydrogen-bond acceptors (Lipinski definition) is 4. The number of aromatic nitrogens is 2. The molecule has 0 spiro atoms. The number of nitrogens with zero attached hydrogens (tertiary/aromatic N) is 2. The number of rotatable bonds is 5. The first-order chi connectivity index (χ1) is 12.4. The zero-order valence-electron chi connectivity index (χ0n) is 14.2. The number of methoxy groups -OCH3 is 1. The summed E-state index contributed by atoms with van der Waals surface area (Å²) in [6.07, 6.45) is -3.81. The van der Waals surface area contributed by atoms with Crippen molar-refractivity contribution < 1.29 is 17.9 Å². The molecule has 3 nitrogen and oxygen atoms in total. The second-order valence-corrected chi connectivity index (χ2v) is 6.71. The van der Waals surface area contributed by atoms with Crippen molar-refractivity contribution in [3.8, 4) is 5.75 Å². The largest absolute Gasteiger partial charge is 0.497 e. The molecule has 136 valence electrons. The number of alkyl halides is 3. The highest BCUT2D eigenvalue weighted by molar-refractivity contribution is 7.05. The summed E-state index contributed by atoms with van der Waals surface area (Å²) in [5, 5.41) is 0.697. The van der Waals surface area contributed by atoms with Crippen molar-refractivity contribution >= 4 is 11.5 Å². The molecular formula is C19H17F3N2OS. The summed E-state index contributed by atoms with van der Waals surface area (Å²) in [5.74, 6) is 1.15. The van der Waals surface area contributed by atoms with Gasteiger partial charge in [-0.05, 0) is 40.9 Å². The third-order valence-electron chi connectivity index (χ3n) is 4.06. The molecule has 3 rings (SSSR count). The molecule has 0 aliphatic heterocycles. The van der Waals surface area contributed by atoms with Crippen LogP contribution in [0.1, 0.15) is 40.4 Å². The Morgan fingerprint density at radius 3 is 2.62 bits per heavy atom.